The third kappa shape index (κ3) is 4.54. The van der Waals surface area contributed by atoms with Crippen molar-refractivity contribution < 1.29 is 0 Å². The molecule has 36 heavy (non-hydrogen) atoms. The van der Waals surface area contributed by atoms with Gasteiger partial charge in [0, 0.05) is 10.9 Å². The summed E-state index contributed by atoms with van der Waals surface area (Å²) in [5.74, 6) is 0.626. The Kier molecular flexibility index (Phi) is 6.08. The van der Waals surface area contributed by atoms with Gasteiger partial charge in [-0.1, -0.05) is 103 Å². The third-order valence-electron chi connectivity index (χ3n) is 5.93. The van der Waals surface area contributed by atoms with Crippen molar-refractivity contribution in [2.24, 2.45) is 5.10 Å². The fourth-order valence-electron chi connectivity index (χ4n) is 4.15. The molecule has 0 unspecified atom stereocenters. The Balaban J connectivity index is 1.46. The number of nitrogens with one attached hydrogen (secondary N) is 1. The van der Waals surface area contributed by atoms with E-state index in [1.54, 1.807) is 11.3 Å². The standard InChI is InChI=1S/C30H23N5S/c1-4-12-22(13-5-1)20-35-27(23-14-6-2-7-15-23)21-36-30(35)34-33-29-28(24-16-8-3-9-17-24)31-25-18-10-11-19-26(25)32-29/h1-19,21H,20H2,(H,32,33)/b34-30+. The number of benzene rings is 4. The third-order valence-corrected chi connectivity index (χ3v) is 6.79. The molecule has 6 aromatic rings. The van der Waals surface area contributed by atoms with Crippen LogP contribution in [-0.2, 0) is 6.54 Å². The van der Waals surface area contributed by atoms with Crippen molar-refractivity contribution in [3.05, 3.63) is 131 Å². The van der Waals surface area contributed by atoms with Gasteiger partial charge in [0.15, 0.2) is 5.82 Å². The number of hydrogen-bond donors (Lipinski definition) is 1. The molecule has 4 aromatic carbocycles. The lowest BCUT2D eigenvalue weighted by molar-refractivity contribution is 0.773. The minimum Gasteiger partial charge on any atom is -0.311 e. The van der Waals surface area contributed by atoms with Gasteiger partial charge in [0.2, 0.25) is 4.80 Å². The summed E-state index contributed by atoms with van der Waals surface area (Å²) in [6, 6.07) is 38.9. The number of rotatable bonds is 6. The lowest BCUT2D eigenvalue weighted by Gasteiger charge is -2.11. The van der Waals surface area contributed by atoms with Crippen LogP contribution in [-0.4, -0.2) is 14.5 Å². The first-order chi connectivity index (χ1) is 17.8. The Morgan fingerprint density at radius 2 is 1.25 bits per heavy atom. The lowest BCUT2D eigenvalue weighted by atomic mass is 10.1. The zero-order valence-electron chi connectivity index (χ0n) is 19.5. The van der Waals surface area contributed by atoms with Crippen molar-refractivity contribution in [2.45, 2.75) is 6.54 Å². The molecular formula is C30H23N5S. The minimum absolute atomic E-state index is 0.626. The number of aromatic nitrogens is 3. The van der Waals surface area contributed by atoms with Gasteiger partial charge in [0.25, 0.3) is 0 Å². The Hall–Kier alpha value is -4.55. The van der Waals surface area contributed by atoms with Crippen molar-refractivity contribution in [1.82, 2.24) is 14.5 Å². The van der Waals surface area contributed by atoms with Crippen molar-refractivity contribution in [1.29, 1.82) is 0 Å². The summed E-state index contributed by atoms with van der Waals surface area (Å²) in [7, 11) is 0. The van der Waals surface area contributed by atoms with E-state index in [4.69, 9.17) is 15.1 Å². The van der Waals surface area contributed by atoms with E-state index < -0.39 is 0 Å². The molecule has 0 saturated heterocycles. The largest absolute Gasteiger partial charge is 0.311 e. The molecule has 0 spiro atoms. The quantitative estimate of drug-likeness (QED) is 0.264. The normalized spacial score (nSPS) is 11.6. The van der Waals surface area contributed by atoms with Gasteiger partial charge in [0.05, 0.1) is 23.3 Å². The maximum atomic E-state index is 4.91. The highest BCUT2D eigenvalue weighted by Crippen LogP contribution is 2.27. The van der Waals surface area contributed by atoms with E-state index in [1.165, 1.54) is 5.56 Å². The molecule has 0 fully saturated rings. The van der Waals surface area contributed by atoms with Crippen LogP contribution in [0.25, 0.3) is 33.5 Å². The summed E-state index contributed by atoms with van der Waals surface area (Å²) in [5.41, 5.74) is 10.2. The van der Waals surface area contributed by atoms with Crippen LogP contribution in [0.15, 0.2) is 126 Å². The fraction of sp³-hybridized carbons (Fsp3) is 0.0333. The SMILES string of the molecule is c1ccc(Cn2c(-c3ccccc3)cs/c2=N/Nc2nc3ccccc3nc2-c2ccccc2)cc1. The second-order valence-electron chi connectivity index (χ2n) is 8.34. The predicted octanol–water partition coefficient (Wildman–Crippen LogP) is 6.80. The molecular weight excluding hydrogens is 462 g/mol. The van der Waals surface area contributed by atoms with Gasteiger partial charge in [-0.3, -0.25) is 5.43 Å². The average Bonchev–Trinajstić information content (AvgIpc) is 3.35. The number of hydrogen-bond acceptors (Lipinski definition) is 5. The number of fused-ring (bicyclic) bond motifs is 1. The first-order valence-corrected chi connectivity index (χ1v) is 12.6. The first kappa shape index (κ1) is 21.9. The molecule has 0 atom stereocenters. The van der Waals surface area contributed by atoms with Gasteiger partial charge in [-0.05, 0) is 23.3 Å². The Bertz CT molecular complexity index is 1670. The van der Waals surface area contributed by atoms with Gasteiger partial charge in [-0.2, -0.15) is 0 Å². The van der Waals surface area contributed by atoms with Crippen LogP contribution in [0.3, 0.4) is 0 Å². The molecule has 2 aromatic heterocycles. The molecule has 1 N–H and O–H groups in total. The summed E-state index contributed by atoms with van der Waals surface area (Å²) in [4.78, 5) is 10.6. The molecule has 0 aliphatic rings. The molecule has 0 aliphatic carbocycles. The maximum Gasteiger partial charge on any atom is 0.209 e. The van der Waals surface area contributed by atoms with E-state index in [9.17, 15) is 0 Å². The number of nitrogens with zero attached hydrogens (tertiary/aromatic N) is 4. The van der Waals surface area contributed by atoms with Gasteiger partial charge in [-0.25, -0.2) is 9.97 Å². The van der Waals surface area contributed by atoms with Crippen molar-refractivity contribution in [3.63, 3.8) is 0 Å². The Morgan fingerprint density at radius 1 is 0.667 bits per heavy atom. The summed E-state index contributed by atoms with van der Waals surface area (Å²) in [6.07, 6.45) is 0. The van der Waals surface area contributed by atoms with E-state index in [1.807, 2.05) is 66.7 Å². The first-order valence-electron chi connectivity index (χ1n) is 11.7. The zero-order chi connectivity index (χ0) is 24.2. The molecule has 6 rings (SSSR count). The van der Waals surface area contributed by atoms with E-state index in [2.05, 4.69) is 63.9 Å². The van der Waals surface area contributed by atoms with Gasteiger partial charge in [0.1, 0.15) is 5.69 Å². The van der Waals surface area contributed by atoms with Crippen LogP contribution in [0.4, 0.5) is 5.82 Å². The van der Waals surface area contributed by atoms with E-state index in [0.29, 0.717) is 12.4 Å². The molecule has 0 amide bonds. The van der Waals surface area contributed by atoms with Crippen LogP contribution in [0.5, 0.6) is 0 Å². The van der Waals surface area contributed by atoms with Crippen LogP contribution in [0.2, 0.25) is 0 Å². The van der Waals surface area contributed by atoms with Gasteiger partial charge < -0.3 is 4.57 Å². The highest BCUT2D eigenvalue weighted by molar-refractivity contribution is 7.07. The molecule has 5 nitrogen and oxygen atoms in total. The van der Waals surface area contributed by atoms with Crippen LogP contribution >= 0.6 is 11.3 Å². The van der Waals surface area contributed by atoms with Gasteiger partial charge in [-0.15, -0.1) is 16.4 Å². The topological polar surface area (TPSA) is 55.1 Å². The highest BCUT2D eigenvalue weighted by Gasteiger charge is 2.12. The number of para-hydroxylation sites is 2. The summed E-state index contributed by atoms with van der Waals surface area (Å²) < 4.78 is 2.24. The summed E-state index contributed by atoms with van der Waals surface area (Å²) >= 11 is 1.60. The van der Waals surface area contributed by atoms with E-state index in [-0.39, 0.29) is 0 Å². The molecule has 6 heteroatoms. The van der Waals surface area contributed by atoms with Crippen molar-refractivity contribution in [3.8, 4) is 22.5 Å². The molecule has 0 bridgehead atoms. The van der Waals surface area contributed by atoms with Crippen LogP contribution in [0, 0.1) is 0 Å². The predicted molar refractivity (Wildman–Crippen MR) is 147 cm³/mol. The summed E-state index contributed by atoms with van der Waals surface area (Å²) in [5, 5.41) is 7.00. The molecule has 0 saturated carbocycles. The highest BCUT2D eigenvalue weighted by atomic mass is 32.1. The van der Waals surface area contributed by atoms with Crippen LogP contribution in [0.1, 0.15) is 5.56 Å². The Labute approximate surface area is 213 Å². The molecule has 0 aliphatic heterocycles. The Morgan fingerprint density at radius 3 is 1.94 bits per heavy atom. The van der Waals surface area contributed by atoms with E-state index >= 15 is 0 Å². The monoisotopic (exact) mass is 485 g/mol. The zero-order valence-corrected chi connectivity index (χ0v) is 20.3. The summed E-state index contributed by atoms with van der Waals surface area (Å²) in [6.45, 7) is 0.712. The van der Waals surface area contributed by atoms with Gasteiger partial charge >= 0.3 is 0 Å². The smallest absolute Gasteiger partial charge is 0.209 e. The number of thiazole rings is 1. The van der Waals surface area contributed by atoms with E-state index in [0.717, 1.165) is 38.3 Å². The number of anilines is 1. The average molecular weight is 486 g/mol. The maximum absolute atomic E-state index is 4.91. The molecule has 2 heterocycles. The van der Waals surface area contributed by atoms with Crippen molar-refractivity contribution in [2.75, 3.05) is 5.43 Å². The second-order valence-corrected chi connectivity index (χ2v) is 9.18. The lowest BCUT2D eigenvalue weighted by Crippen LogP contribution is -2.19. The van der Waals surface area contributed by atoms with Crippen molar-refractivity contribution >= 4 is 28.2 Å². The fourth-order valence-corrected chi connectivity index (χ4v) is 5.02. The molecule has 0 radical (unpaired) electrons. The second kappa shape index (κ2) is 9.98. The van der Waals surface area contributed by atoms with Crippen LogP contribution < -0.4 is 10.2 Å². The molecule has 174 valence electrons. The minimum atomic E-state index is 0.626.